The molecule has 166 valence electrons. The van der Waals surface area contributed by atoms with Crippen LogP contribution in [0, 0.1) is 11.8 Å². The summed E-state index contributed by atoms with van der Waals surface area (Å²) >= 11 is 5.90. The van der Waals surface area contributed by atoms with Gasteiger partial charge in [-0.25, -0.2) is 9.87 Å². The van der Waals surface area contributed by atoms with Gasteiger partial charge in [0.15, 0.2) is 6.17 Å². The van der Waals surface area contributed by atoms with E-state index in [1.54, 1.807) is 24.3 Å². The van der Waals surface area contributed by atoms with Gasteiger partial charge in [-0.05, 0) is 42.9 Å². The molecule has 1 fully saturated rings. The highest BCUT2D eigenvalue weighted by atomic mass is 35.5. The van der Waals surface area contributed by atoms with Gasteiger partial charge >= 0.3 is 0 Å². The first kappa shape index (κ1) is 24.1. The first-order valence-electron chi connectivity index (χ1n) is 10.1. The molecule has 1 saturated carbocycles. The van der Waals surface area contributed by atoms with Crippen LogP contribution in [0.1, 0.15) is 45.1 Å². The van der Waals surface area contributed by atoms with Gasteiger partial charge in [-0.2, -0.15) is 0 Å². The summed E-state index contributed by atoms with van der Waals surface area (Å²) in [5.41, 5.74) is 2.03. The van der Waals surface area contributed by atoms with Crippen molar-refractivity contribution in [2.75, 3.05) is 0 Å². The van der Waals surface area contributed by atoms with E-state index in [9.17, 15) is 18.8 Å². The van der Waals surface area contributed by atoms with Crippen molar-refractivity contribution in [3.05, 3.63) is 34.9 Å². The lowest BCUT2D eigenvalue weighted by Gasteiger charge is -2.24. The summed E-state index contributed by atoms with van der Waals surface area (Å²) in [4.78, 5) is 37.1. The lowest BCUT2D eigenvalue weighted by atomic mass is 9.92. The van der Waals surface area contributed by atoms with Crippen LogP contribution in [0.4, 0.5) is 4.39 Å². The molecule has 0 bridgehead atoms. The van der Waals surface area contributed by atoms with Crippen LogP contribution in [0.5, 0.6) is 0 Å². The molecule has 3 atom stereocenters. The normalized spacial score (nSPS) is 16.5. The maximum Gasteiger partial charge on any atom is 0.278 e. The lowest BCUT2D eigenvalue weighted by molar-refractivity contribution is -0.142. The summed E-state index contributed by atoms with van der Waals surface area (Å²) in [5, 5.41) is 14.8. The van der Waals surface area contributed by atoms with E-state index >= 15 is 0 Å². The number of hydroxylamine groups is 1. The van der Waals surface area contributed by atoms with Crippen molar-refractivity contribution in [1.82, 2.24) is 16.1 Å². The van der Waals surface area contributed by atoms with Gasteiger partial charge in [0.2, 0.25) is 11.8 Å². The maximum absolute atomic E-state index is 14.6. The molecule has 9 heteroatoms. The molecule has 0 unspecified atom stereocenters. The van der Waals surface area contributed by atoms with Crippen molar-refractivity contribution in [3.63, 3.8) is 0 Å². The Morgan fingerprint density at radius 3 is 2.27 bits per heavy atom. The molecule has 0 spiro atoms. The minimum absolute atomic E-state index is 0.0907. The standard InChI is InChI=1S/C21H29ClFN3O4/c1-12(2)3-10-16(18(23)21(29)26-30)19(27)25-17(20(28)24-15-8-9-15)11-13-4-6-14(22)7-5-13/h4-7,12,15-18,30H,3,8-11H2,1-2H3,(H,24,28)(H,25,27)(H,26,29)/t16-,17+,18-/m1/s1. The van der Waals surface area contributed by atoms with Crippen LogP contribution in [0.2, 0.25) is 5.02 Å². The molecular weight excluding hydrogens is 413 g/mol. The zero-order valence-electron chi connectivity index (χ0n) is 17.2. The fourth-order valence-electron chi connectivity index (χ4n) is 3.04. The molecule has 0 aliphatic heterocycles. The molecule has 7 nitrogen and oxygen atoms in total. The number of carbonyl (C=O) groups excluding carboxylic acids is 3. The van der Waals surface area contributed by atoms with Gasteiger partial charge in [0.05, 0.1) is 5.92 Å². The molecule has 1 aromatic carbocycles. The molecule has 0 saturated heterocycles. The number of hydrogen-bond acceptors (Lipinski definition) is 4. The molecular formula is C21H29ClFN3O4. The Labute approximate surface area is 180 Å². The quantitative estimate of drug-likeness (QED) is 0.312. The van der Waals surface area contributed by atoms with Crippen LogP contribution in [-0.4, -0.2) is 41.2 Å². The largest absolute Gasteiger partial charge is 0.352 e. The molecule has 4 N–H and O–H groups in total. The van der Waals surface area contributed by atoms with E-state index in [1.165, 1.54) is 5.48 Å². The number of halogens is 2. The highest BCUT2D eigenvalue weighted by Crippen LogP contribution is 2.21. The van der Waals surface area contributed by atoms with Crippen molar-refractivity contribution in [3.8, 4) is 0 Å². The fourth-order valence-corrected chi connectivity index (χ4v) is 3.17. The number of carbonyl (C=O) groups is 3. The Hall–Kier alpha value is -2.19. The van der Waals surface area contributed by atoms with E-state index in [-0.39, 0.29) is 30.7 Å². The van der Waals surface area contributed by atoms with E-state index in [1.807, 2.05) is 13.8 Å². The predicted octanol–water partition coefficient (Wildman–Crippen LogP) is 2.54. The minimum atomic E-state index is -2.23. The first-order valence-corrected chi connectivity index (χ1v) is 10.5. The molecule has 1 aromatic rings. The molecule has 0 aromatic heterocycles. The smallest absolute Gasteiger partial charge is 0.278 e. The van der Waals surface area contributed by atoms with Gasteiger partial charge in [0.25, 0.3) is 5.91 Å². The van der Waals surface area contributed by atoms with E-state index in [0.717, 1.165) is 18.4 Å². The zero-order chi connectivity index (χ0) is 22.3. The van der Waals surface area contributed by atoms with Crippen LogP contribution in [0.3, 0.4) is 0 Å². The monoisotopic (exact) mass is 441 g/mol. The Morgan fingerprint density at radius 1 is 1.10 bits per heavy atom. The summed E-state index contributed by atoms with van der Waals surface area (Å²) in [7, 11) is 0. The highest BCUT2D eigenvalue weighted by molar-refractivity contribution is 6.30. The highest BCUT2D eigenvalue weighted by Gasteiger charge is 2.36. The topological polar surface area (TPSA) is 108 Å². The third-order valence-corrected chi connectivity index (χ3v) is 5.27. The van der Waals surface area contributed by atoms with E-state index in [4.69, 9.17) is 16.8 Å². The van der Waals surface area contributed by atoms with Gasteiger partial charge in [0.1, 0.15) is 6.04 Å². The molecule has 2 rings (SSSR count). The second kappa shape index (κ2) is 11.3. The van der Waals surface area contributed by atoms with E-state index < -0.39 is 29.9 Å². The van der Waals surface area contributed by atoms with Crippen molar-refractivity contribution < 1.29 is 24.0 Å². The Kier molecular flexibility index (Phi) is 9.05. The average molecular weight is 442 g/mol. The van der Waals surface area contributed by atoms with Crippen LogP contribution in [-0.2, 0) is 20.8 Å². The van der Waals surface area contributed by atoms with E-state index in [0.29, 0.717) is 11.4 Å². The van der Waals surface area contributed by atoms with Crippen LogP contribution >= 0.6 is 11.6 Å². The molecule has 30 heavy (non-hydrogen) atoms. The second-order valence-electron chi connectivity index (χ2n) is 8.13. The molecule has 0 radical (unpaired) electrons. The minimum Gasteiger partial charge on any atom is -0.352 e. The predicted molar refractivity (Wildman–Crippen MR) is 111 cm³/mol. The SMILES string of the molecule is CC(C)CC[C@@H](C(=O)N[C@@H](Cc1ccc(Cl)cc1)C(=O)NC1CC1)[C@@H](F)C(=O)NO. The molecule has 1 aliphatic carbocycles. The molecule has 1 aliphatic rings. The number of rotatable bonds is 11. The average Bonchev–Trinajstić information content (AvgIpc) is 3.52. The number of benzene rings is 1. The zero-order valence-corrected chi connectivity index (χ0v) is 17.9. The van der Waals surface area contributed by atoms with Gasteiger partial charge < -0.3 is 10.6 Å². The molecule has 0 heterocycles. The number of nitrogens with one attached hydrogen (secondary N) is 3. The van der Waals surface area contributed by atoms with Gasteiger partial charge in [-0.3, -0.25) is 19.6 Å². The lowest BCUT2D eigenvalue weighted by Crippen LogP contribution is -2.52. The Bertz CT molecular complexity index is 740. The van der Waals surface area contributed by atoms with Crippen molar-refractivity contribution in [1.29, 1.82) is 0 Å². The number of amides is 3. The van der Waals surface area contributed by atoms with Crippen LogP contribution in [0.15, 0.2) is 24.3 Å². The van der Waals surface area contributed by atoms with Gasteiger partial charge in [0, 0.05) is 17.5 Å². The summed E-state index contributed by atoms with van der Waals surface area (Å²) in [6.07, 6.45) is 0.350. The molecule has 3 amide bonds. The number of hydrogen-bond donors (Lipinski definition) is 4. The first-order chi connectivity index (χ1) is 14.2. The summed E-state index contributed by atoms with van der Waals surface area (Å²) in [6.45, 7) is 3.83. The number of alkyl halides is 1. The van der Waals surface area contributed by atoms with Gasteiger partial charge in [-0.1, -0.05) is 44.0 Å². The Balaban J connectivity index is 2.15. The third kappa shape index (κ3) is 7.57. The Morgan fingerprint density at radius 2 is 1.73 bits per heavy atom. The van der Waals surface area contributed by atoms with Crippen molar-refractivity contribution in [2.45, 2.75) is 64.2 Å². The fraction of sp³-hybridized carbons (Fsp3) is 0.571. The summed E-state index contributed by atoms with van der Waals surface area (Å²) < 4.78 is 14.6. The van der Waals surface area contributed by atoms with Gasteiger partial charge in [-0.15, -0.1) is 0 Å². The van der Waals surface area contributed by atoms with E-state index in [2.05, 4.69) is 10.6 Å². The van der Waals surface area contributed by atoms with Crippen molar-refractivity contribution >= 4 is 29.3 Å². The second-order valence-corrected chi connectivity index (χ2v) is 8.57. The summed E-state index contributed by atoms with van der Waals surface area (Å²) in [5.74, 6) is -3.51. The summed E-state index contributed by atoms with van der Waals surface area (Å²) in [6, 6.07) is 6.03. The van der Waals surface area contributed by atoms with Crippen LogP contribution in [0.25, 0.3) is 0 Å². The third-order valence-electron chi connectivity index (χ3n) is 5.02. The maximum atomic E-state index is 14.6. The van der Waals surface area contributed by atoms with Crippen molar-refractivity contribution in [2.24, 2.45) is 11.8 Å². The van der Waals surface area contributed by atoms with Crippen LogP contribution < -0.4 is 16.1 Å².